The van der Waals surface area contributed by atoms with Gasteiger partial charge in [-0.05, 0) is 12.8 Å². The Morgan fingerprint density at radius 3 is 2.25 bits per heavy atom. The first-order chi connectivity index (χ1) is 3.97. The van der Waals surface area contributed by atoms with Crippen LogP contribution in [0, 0.1) is 0 Å². The molecule has 0 bridgehead atoms. The molecule has 0 aromatic heterocycles. The second-order valence-electron chi connectivity index (χ2n) is 2.29. The summed E-state index contributed by atoms with van der Waals surface area (Å²) >= 11 is 0. The van der Waals surface area contributed by atoms with Gasteiger partial charge in [0.05, 0.1) is 0 Å². The van der Waals surface area contributed by atoms with E-state index in [0.717, 1.165) is 18.8 Å². The minimum absolute atomic E-state index is 0.718. The highest BCUT2D eigenvalue weighted by Gasteiger charge is 2.38. The first kappa shape index (κ1) is 4.96. The second kappa shape index (κ2) is 1.82. The molecule has 3 heteroatoms. The molecule has 2 fully saturated rings. The zero-order valence-electron chi connectivity index (χ0n) is 4.72. The van der Waals surface area contributed by atoms with Gasteiger partial charge in [-0.25, -0.2) is 0 Å². The maximum absolute atomic E-state index is 5.36. The Morgan fingerprint density at radius 2 is 1.75 bits per heavy atom. The summed E-state index contributed by atoms with van der Waals surface area (Å²) in [6.07, 6.45) is 2.52. The van der Waals surface area contributed by atoms with Crippen LogP contribution in [0.15, 0.2) is 0 Å². The monoisotopic (exact) mass is 129 g/mol. The maximum Gasteiger partial charge on any atom is 0.388 e. The van der Waals surface area contributed by atoms with Crippen molar-refractivity contribution in [3.05, 3.63) is 0 Å². The molecule has 2 aliphatic heterocycles. The van der Waals surface area contributed by atoms with Crippen molar-refractivity contribution >= 4 is 9.28 Å². The van der Waals surface area contributed by atoms with Gasteiger partial charge < -0.3 is 8.85 Å². The largest absolute Gasteiger partial charge is 0.393 e. The molecule has 0 aromatic carbocycles. The summed E-state index contributed by atoms with van der Waals surface area (Å²) in [4.78, 5) is 0. The van der Waals surface area contributed by atoms with Gasteiger partial charge in [0.1, 0.15) is 0 Å². The Hall–Kier alpha value is 0.137. The van der Waals surface area contributed by atoms with E-state index in [2.05, 4.69) is 0 Å². The second-order valence-corrected chi connectivity index (χ2v) is 4.32. The van der Waals surface area contributed by atoms with E-state index in [9.17, 15) is 0 Å². The zero-order chi connectivity index (χ0) is 5.40. The summed E-state index contributed by atoms with van der Waals surface area (Å²) in [5.41, 5.74) is 0.833. The summed E-state index contributed by atoms with van der Waals surface area (Å²) in [5, 5.41) is 0. The number of hydrogen-bond acceptors (Lipinski definition) is 2. The molecule has 0 spiro atoms. The quantitative estimate of drug-likeness (QED) is 0.448. The Kier molecular flexibility index (Phi) is 1.13. The summed E-state index contributed by atoms with van der Waals surface area (Å²) < 4.78 is 10.7. The molecule has 0 amide bonds. The highest BCUT2D eigenvalue weighted by molar-refractivity contribution is 6.47. The molecule has 0 N–H and O–H groups in total. The van der Waals surface area contributed by atoms with Crippen molar-refractivity contribution in [1.82, 2.24) is 0 Å². The Labute approximate surface area is 50.6 Å². The molecule has 1 radical (unpaired) electrons. The molecule has 0 atom stereocenters. The Bertz CT molecular complexity index is 76.4. The van der Waals surface area contributed by atoms with Crippen molar-refractivity contribution in [3.63, 3.8) is 0 Å². The average Bonchev–Trinajstić information content (AvgIpc) is 2.15. The molecule has 0 aliphatic carbocycles. The van der Waals surface area contributed by atoms with E-state index in [1.54, 1.807) is 0 Å². The van der Waals surface area contributed by atoms with Crippen LogP contribution in [0.4, 0.5) is 0 Å². The summed E-state index contributed by atoms with van der Waals surface area (Å²) in [6, 6.07) is 0. The van der Waals surface area contributed by atoms with Crippen molar-refractivity contribution in [2.45, 2.75) is 18.4 Å². The lowest BCUT2D eigenvalue weighted by Crippen LogP contribution is -2.13. The highest BCUT2D eigenvalue weighted by atomic mass is 28.3. The number of rotatable bonds is 0. The Morgan fingerprint density at radius 1 is 1.12 bits per heavy atom. The van der Waals surface area contributed by atoms with Crippen molar-refractivity contribution in [2.24, 2.45) is 0 Å². The fourth-order valence-corrected chi connectivity index (χ4v) is 3.16. The van der Waals surface area contributed by atoms with Gasteiger partial charge in [-0.3, -0.25) is 0 Å². The first-order valence-corrected chi connectivity index (χ1v) is 4.48. The van der Waals surface area contributed by atoms with E-state index in [0.29, 0.717) is 0 Å². The average molecular weight is 129 g/mol. The molecule has 0 saturated carbocycles. The number of hydrogen-bond donors (Lipinski definition) is 0. The number of fused-ring (bicyclic) bond motifs is 1. The van der Waals surface area contributed by atoms with Crippen LogP contribution in [-0.2, 0) is 8.85 Å². The molecular weight excluding hydrogens is 120 g/mol. The highest BCUT2D eigenvalue weighted by Crippen LogP contribution is 2.32. The molecule has 2 heterocycles. The predicted octanol–water partition coefficient (Wildman–Crippen LogP) is 0.685. The van der Waals surface area contributed by atoms with Crippen LogP contribution in [0.2, 0.25) is 5.54 Å². The minimum Gasteiger partial charge on any atom is -0.393 e. The predicted molar refractivity (Wildman–Crippen MR) is 30.6 cm³/mol. The molecule has 2 saturated heterocycles. The van der Waals surface area contributed by atoms with Crippen LogP contribution in [0.3, 0.4) is 0 Å². The van der Waals surface area contributed by atoms with Gasteiger partial charge in [-0.1, -0.05) is 0 Å². The zero-order valence-corrected chi connectivity index (χ0v) is 5.72. The van der Waals surface area contributed by atoms with E-state index in [4.69, 9.17) is 8.85 Å². The minimum atomic E-state index is -0.718. The van der Waals surface area contributed by atoms with E-state index in [-0.39, 0.29) is 0 Å². The van der Waals surface area contributed by atoms with Gasteiger partial charge in [0, 0.05) is 18.8 Å². The summed E-state index contributed by atoms with van der Waals surface area (Å²) in [7, 11) is -0.718. The third kappa shape index (κ3) is 0.622. The van der Waals surface area contributed by atoms with Crippen molar-refractivity contribution in [2.75, 3.05) is 13.2 Å². The molecule has 0 aromatic rings. The SMILES string of the molecule is C1CC2CCO[Si]2O1. The molecule has 2 aliphatic rings. The van der Waals surface area contributed by atoms with Crippen LogP contribution in [-0.4, -0.2) is 22.5 Å². The lowest BCUT2D eigenvalue weighted by atomic mass is 10.2. The maximum atomic E-state index is 5.36. The smallest absolute Gasteiger partial charge is 0.388 e. The first-order valence-electron chi connectivity index (χ1n) is 3.09. The van der Waals surface area contributed by atoms with Gasteiger partial charge in [-0.2, -0.15) is 0 Å². The fraction of sp³-hybridized carbons (Fsp3) is 1.00. The Balaban J connectivity index is 2.04. The van der Waals surface area contributed by atoms with E-state index >= 15 is 0 Å². The normalized spacial score (nSPS) is 31.5. The van der Waals surface area contributed by atoms with Crippen LogP contribution in [0.25, 0.3) is 0 Å². The van der Waals surface area contributed by atoms with Gasteiger partial charge in [0.25, 0.3) is 0 Å². The lowest BCUT2D eigenvalue weighted by molar-refractivity contribution is 0.239. The molecule has 2 rings (SSSR count). The molecular formula is C5H9O2Si. The lowest BCUT2D eigenvalue weighted by Gasteiger charge is -1.98. The summed E-state index contributed by atoms with van der Waals surface area (Å²) in [5.74, 6) is 0. The van der Waals surface area contributed by atoms with Gasteiger partial charge in [0.15, 0.2) is 0 Å². The van der Waals surface area contributed by atoms with Gasteiger partial charge >= 0.3 is 9.28 Å². The van der Waals surface area contributed by atoms with Crippen molar-refractivity contribution in [3.8, 4) is 0 Å². The third-order valence-electron chi connectivity index (χ3n) is 1.75. The van der Waals surface area contributed by atoms with Crippen LogP contribution >= 0.6 is 0 Å². The van der Waals surface area contributed by atoms with Crippen LogP contribution in [0.1, 0.15) is 12.8 Å². The molecule has 45 valence electrons. The van der Waals surface area contributed by atoms with E-state index in [1.807, 2.05) is 0 Å². The molecule has 0 unspecified atom stereocenters. The van der Waals surface area contributed by atoms with E-state index in [1.165, 1.54) is 12.8 Å². The standard InChI is InChI=1S/C5H9O2Si/c1-3-6-8-5(1)2-4-7-8/h5H,1-4H2. The third-order valence-corrected chi connectivity index (χ3v) is 3.98. The fourth-order valence-electron chi connectivity index (χ4n) is 1.26. The summed E-state index contributed by atoms with van der Waals surface area (Å²) in [6.45, 7) is 1.91. The van der Waals surface area contributed by atoms with Gasteiger partial charge in [0.2, 0.25) is 0 Å². The topological polar surface area (TPSA) is 18.5 Å². The van der Waals surface area contributed by atoms with E-state index < -0.39 is 9.28 Å². The van der Waals surface area contributed by atoms with Crippen LogP contribution in [0.5, 0.6) is 0 Å². The van der Waals surface area contributed by atoms with Gasteiger partial charge in [-0.15, -0.1) is 0 Å². The van der Waals surface area contributed by atoms with Crippen molar-refractivity contribution in [1.29, 1.82) is 0 Å². The molecule has 8 heavy (non-hydrogen) atoms. The molecule has 2 nitrogen and oxygen atoms in total. The van der Waals surface area contributed by atoms with Crippen LogP contribution < -0.4 is 0 Å². The van der Waals surface area contributed by atoms with Crippen molar-refractivity contribution < 1.29 is 8.85 Å².